The van der Waals surface area contributed by atoms with Crippen molar-refractivity contribution in [1.29, 1.82) is 0 Å². The van der Waals surface area contributed by atoms with Gasteiger partial charge >= 0.3 is 0 Å². The molecule has 70 valence electrons. The predicted octanol–water partition coefficient (Wildman–Crippen LogP) is 2.46. The molecule has 4 nitrogen and oxygen atoms in total. The van der Waals surface area contributed by atoms with E-state index in [2.05, 4.69) is 51.8 Å². The van der Waals surface area contributed by atoms with Crippen LogP contribution in [0.3, 0.4) is 0 Å². The summed E-state index contributed by atoms with van der Waals surface area (Å²) in [6.45, 7) is 0. The minimum absolute atomic E-state index is 0.492. The topological polar surface area (TPSA) is 51.6 Å². The molecule has 0 unspecified atom stereocenters. The lowest BCUT2D eigenvalue weighted by Crippen LogP contribution is -1.94. The Hall–Kier alpha value is -0.880. The number of hydrogen-bond donors (Lipinski definition) is 0. The molecule has 0 bridgehead atoms. The summed E-state index contributed by atoms with van der Waals surface area (Å²) in [5, 5.41) is 0. The molecule has 0 radical (unpaired) electrons. The Morgan fingerprint density at radius 2 is 1.43 bits per heavy atom. The maximum Gasteiger partial charge on any atom is 0.199 e. The monoisotopic (exact) mass is 314 g/mol. The molecular formula is C8H4Br2N4. The normalized spacial score (nSPS) is 10.1. The van der Waals surface area contributed by atoms with Gasteiger partial charge in [-0.1, -0.05) is 0 Å². The van der Waals surface area contributed by atoms with Crippen molar-refractivity contribution in [3.05, 3.63) is 33.7 Å². The van der Waals surface area contributed by atoms with Crippen LogP contribution in [0.1, 0.15) is 0 Å². The maximum atomic E-state index is 4.15. The highest BCUT2D eigenvalue weighted by molar-refractivity contribution is 9.11. The highest BCUT2D eigenvalue weighted by Crippen LogP contribution is 2.17. The maximum absolute atomic E-state index is 4.15. The van der Waals surface area contributed by atoms with Crippen molar-refractivity contribution in [1.82, 2.24) is 19.9 Å². The van der Waals surface area contributed by atoms with Crippen molar-refractivity contribution in [3.63, 3.8) is 0 Å². The first-order valence-corrected chi connectivity index (χ1v) is 5.32. The van der Waals surface area contributed by atoms with E-state index in [0.29, 0.717) is 20.9 Å². The van der Waals surface area contributed by atoms with Crippen LogP contribution in [0, 0.1) is 0 Å². The molecule has 0 N–H and O–H groups in total. The first kappa shape index (κ1) is 9.67. The van der Waals surface area contributed by atoms with Gasteiger partial charge in [-0.15, -0.1) is 0 Å². The molecule has 0 saturated carbocycles. The molecule has 0 spiro atoms. The second-order valence-electron chi connectivity index (χ2n) is 2.41. The Kier molecular flexibility index (Phi) is 2.83. The summed E-state index contributed by atoms with van der Waals surface area (Å²) in [7, 11) is 0. The third-order valence-corrected chi connectivity index (χ3v) is 2.24. The first-order valence-electron chi connectivity index (χ1n) is 3.73. The minimum Gasteiger partial charge on any atom is -0.234 e. The molecule has 0 aliphatic heterocycles. The summed E-state index contributed by atoms with van der Waals surface area (Å²) < 4.78 is 1.39. The largest absolute Gasteiger partial charge is 0.234 e. The summed E-state index contributed by atoms with van der Waals surface area (Å²) in [4.78, 5) is 16.4. The van der Waals surface area contributed by atoms with Crippen LogP contribution >= 0.6 is 31.9 Å². The van der Waals surface area contributed by atoms with Gasteiger partial charge in [0.15, 0.2) is 11.6 Å². The van der Waals surface area contributed by atoms with E-state index in [1.54, 1.807) is 24.5 Å². The van der Waals surface area contributed by atoms with E-state index in [-0.39, 0.29) is 0 Å². The van der Waals surface area contributed by atoms with Crippen molar-refractivity contribution in [3.8, 4) is 11.6 Å². The molecule has 0 aliphatic rings. The van der Waals surface area contributed by atoms with Crippen LogP contribution in [0.2, 0.25) is 0 Å². The number of nitrogens with zero attached hydrogens (tertiary/aromatic N) is 4. The zero-order valence-electron chi connectivity index (χ0n) is 6.85. The predicted molar refractivity (Wildman–Crippen MR) is 58.5 cm³/mol. The Bertz CT molecular complexity index is 426. The Balaban J connectivity index is 2.52. The molecule has 0 aliphatic carbocycles. The minimum atomic E-state index is 0.492. The lowest BCUT2D eigenvalue weighted by atomic mass is 10.5. The summed E-state index contributed by atoms with van der Waals surface area (Å²) in [5.74, 6) is 1.00. The fraction of sp³-hybridized carbons (Fsp3) is 0. The summed E-state index contributed by atoms with van der Waals surface area (Å²) in [6, 6.07) is 3.50. The standard InChI is InChI=1S/C8H4Br2N4/c9-5-4-6(10)14-8(13-5)7-11-2-1-3-12-7/h1-4H. The van der Waals surface area contributed by atoms with Gasteiger partial charge in [0.2, 0.25) is 0 Å². The molecule has 0 fully saturated rings. The summed E-state index contributed by atoms with van der Waals surface area (Å²) in [5.41, 5.74) is 0. The first-order chi connectivity index (χ1) is 6.75. The van der Waals surface area contributed by atoms with Gasteiger partial charge in [-0.3, -0.25) is 0 Å². The Labute approximate surface area is 97.1 Å². The van der Waals surface area contributed by atoms with Crippen LogP contribution in [-0.4, -0.2) is 19.9 Å². The number of rotatable bonds is 1. The highest BCUT2D eigenvalue weighted by atomic mass is 79.9. The molecule has 0 amide bonds. The molecule has 0 aromatic carbocycles. The van der Waals surface area contributed by atoms with Crippen LogP contribution in [0.5, 0.6) is 0 Å². The van der Waals surface area contributed by atoms with Gasteiger partial charge in [0.25, 0.3) is 0 Å². The van der Waals surface area contributed by atoms with Crippen molar-refractivity contribution in [2.45, 2.75) is 0 Å². The Morgan fingerprint density at radius 1 is 0.857 bits per heavy atom. The quantitative estimate of drug-likeness (QED) is 0.759. The molecule has 0 saturated heterocycles. The number of hydrogen-bond acceptors (Lipinski definition) is 4. The van der Waals surface area contributed by atoms with E-state index in [9.17, 15) is 0 Å². The smallest absolute Gasteiger partial charge is 0.199 e. The van der Waals surface area contributed by atoms with Gasteiger partial charge in [-0.2, -0.15) is 0 Å². The third-order valence-electron chi connectivity index (χ3n) is 1.43. The summed E-state index contributed by atoms with van der Waals surface area (Å²) >= 11 is 6.55. The molecule has 2 aromatic rings. The average molecular weight is 316 g/mol. The zero-order valence-corrected chi connectivity index (χ0v) is 10.0. The van der Waals surface area contributed by atoms with Crippen LogP contribution < -0.4 is 0 Å². The van der Waals surface area contributed by atoms with E-state index in [1.165, 1.54) is 0 Å². The lowest BCUT2D eigenvalue weighted by Gasteiger charge is -1.98. The Morgan fingerprint density at radius 3 is 2.00 bits per heavy atom. The fourth-order valence-corrected chi connectivity index (χ4v) is 1.98. The molecule has 2 rings (SSSR count). The molecule has 6 heteroatoms. The third kappa shape index (κ3) is 2.13. The van der Waals surface area contributed by atoms with Gasteiger partial charge < -0.3 is 0 Å². The van der Waals surface area contributed by atoms with Gasteiger partial charge in [-0.05, 0) is 37.9 Å². The lowest BCUT2D eigenvalue weighted by molar-refractivity contribution is 1.05. The van der Waals surface area contributed by atoms with Crippen LogP contribution in [0.4, 0.5) is 0 Å². The van der Waals surface area contributed by atoms with E-state index in [0.717, 1.165) is 0 Å². The molecular weight excluding hydrogens is 312 g/mol. The second kappa shape index (κ2) is 4.10. The van der Waals surface area contributed by atoms with Crippen LogP contribution in [0.25, 0.3) is 11.6 Å². The van der Waals surface area contributed by atoms with E-state index in [1.807, 2.05) is 0 Å². The van der Waals surface area contributed by atoms with Crippen molar-refractivity contribution in [2.75, 3.05) is 0 Å². The molecule has 0 atom stereocenters. The number of aromatic nitrogens is 4. The molecule has 14 heavy (non-hydrogen) atoms. The van der Waals surface area contributed by atoms with Crippen LogP contribution in [-0.2, 0) is 0 Å². The molecule has 2 aromatic heterocycles. The van der Waals surface area contributed by atoms with E-state index >= 15 is 0 Å². The zero-order chi connectivity index (χ0) is 9.97. The number of halogens is 2. The fourth-order valence-electron chi connectivity index (χ4n) is 0.905. The molecule has 2 heterocycles. The van der Waals surface area contributed by atoms with Gasteiger partial charge in [0.05, 0.1) is 0 Å². The van der Waals surface area contributed by atoms with E-state index < -0.39 is 0 Å². The summed E-state index contributed by atoms with van der Waals surface area (Å²) in [6.07, 6.45) is 3.31. The van der Waals surface area contributed by atoms with Crippen molar-refractivity contribution >= 4 is 31.9 Å². The van der Waals surface area contributed by atoms with Gasteiger partial charge in [0.1, 0.15) is 9.21 Å². The van der Waals surface area contributed by atoms with Gasteiger partial charge in [-0.25, -0.2) is 19.9 Å². The second-order valence-corrected chi connectivity index (χ2v) is 4.03. The van der Waals surface area contributed by atoms with Crippen molar-refractivity contribution in [2.24, 2.45) is 0 Å². The van der Waals surface area contributed by atoms with Crippen molar-refractivity contribution < 1.29 is 0 Å². The van der Waals surface area contributed by atoms with Gasteiger partial charge in [0, 0.05) is 18.5 Å². The van der Waals surface area contributed by atoms with Crippen LogP contribution in [0.15, 0.2) is 33.7 Å². The SMILES string of the molecule is Brc1cc(Br)nc(-c2ncccn2)n1. The highest BCUT2D eigenvalue weighted by Gasteiger charge is 2.05. The average Bonchev–Trinajstić information content (AvgIpc) is 2.18. The van der Waals surface area contributed by atoms with E-state index in [4.69, 9.17) is 0 Å².